The quantitative estimate of drug-likeness (QED) is 0.767. The highest BCUT2D eigenvalue weighted by Crippen LogP contribution is 2.15. The molecule has 0 spiro atoms. The summed E-state index contributed by atoms with van der Waals surface area (Å²) < 4.78 is 0. The zero-order valence-electron chi connectivity index (χ0n) is 15.7. The van der Waals surface area contributed by atoms with Crippen molar-refractivity contribution in [3.05, 3.63) is 65.2 Å². The van der Waals surface area contributed by atoms with Crippen molar-refractivity contribution in [2.75, 3.05) is 25.5 Å². The molecule has 26 heavy (non-hydrogen) atoms. The summed E-state index contributed by atoms with van der Waals surface area (Å²) in [6.45, 7) is 4.90. The number of amides is 2. The molecule has 0 aliphatic carbocycles. The van der Waals surface area contributed by atoms with Gasteiger partial charge in [0.1, 0.15) is 0 Å². The third kappa shape index (κ3) is 6.01. The fourth-order valence-electron chi connectivity index (χ4n) is 2.74. The van der Waals surface area contributed by atoms with Crippen LogP contribution in [0.1, 0.15) is 23.6 Å². The van der Waals surface area contributed by atoms with Crippen LogP contribution in [0.5, 0.6) is 0 Å². The average Bonchev–Trinajstić information content (AvgIpc) is 2.61. The molecule has 2 rings (SSSR count). The summed E-state index contributed by atoms with van der Waals surface area (Å²) in [6.07, 6.45) is 0.855. The molecule has 0 atom stereocenters. The predicted octanol–water partition coefficient (Wildman–Crippen LogP) is 2.74. The number of para-hydroxylation sites is 1. The Balaban J connectivity index is 1.78. The molecule has 0 fully saturated rings. The van der Waals surface area contributed by atoms with E-state index in [1.807, 2.05) is 55.5 Å². The summed E-state index contributed by atoms with van der Waals surface area (Å²) in [4.78, 5) is 26.0. The minimum absolute atomic E-state index is 0.0995. The van der Waals surface area contributed by atoms with Gasteiger partial charge in [-0.15, -0.1) is 0 Å². The smallest absolute Gasteiger partial charge is 0.238 e. The number of nitrogens with one attached hydrogen (secondary N) is 2. The average molecular weight is 353 g/mol. The first kappa shape index (κ1) is 19.7. The van der Waals surface area contributed by atoms with E-state index in [0.717, 1.165) is 28.8 Å². The van der Waals surface area contributed by atoms with Crippen LogP contribution in [0.25, 0.3) is 0 Å². The van der Waals surface area contributed by atoms with Gasteiger partial charge < -0.3 is 10.6 Å². The Morgan fingerprint density at radius 3 is 2.23 bits per heavy atom. The van der Waals surface area contributed by atoms with E-state index in [4.69, 9.17) is 0 Å². The van der Waals surface area contributed by atoms with Gasteiger partial charge in [-0.1, -0.05) is 49.4 Å². The number of carbonyl (C=O) groups is 2. The Morgan fingerprint density at radius 1 is 0.923 bits per heavy atom. The number of nitrogens with zero attached hydrogens (tertiary/aromatic N) is 1. The van der Waals surface area contributed by atoms with Crippen LogP contribution in [0.15, 0.2) is 48.5 Å². The van der Waals surface area contributed by atoms with E-state index in [1.165, 1.54) is 0 Å². The molecule has 0 aromatic heterocycles. The standard InChI is InChI=1S/C21H27N3O2/c1-4-17-10-7-8-12-19(17)23-21(26)15-24(3)14-20(25)22-13-18-11-6-5-9-16(18)2/h5-12H,4,13-15H2,1-3H3,(H,22,25)(H,23,26). The van der Waals surface area contributed by atoms with Crippen LogP contribution in [-0.4, -0.2) is 36.9 Å². The van der Waals surface area contributed by atoms with Crippen molar-refractivity contribution in [1.82, 2.24) is 10.2 Å². The summed E-state index contributed by atoms with van der Waals surface area (Å²) >= 11 is 0. The van der Waals surface area contributed by atoms with Crippen molar-refractivity contribution in [3.63, 3.8) is 0 Å². The molecule has 5 nitrogen and oxygen atoms in total. The topological polar surface area (TPSA) is 61.4 Å². The van der Waals surface area contributed by atoms with Crippen molar-refractivity contribution >= 4 is 17.5 Å². The number of carbonyl (C=O) groups excluding carboxylic acids is 2. The Hall–Kier alpha value is -2.66. The monoisotopic (exact) mass is 353 g/mol. The lowest BCUT2D eigenvalue weighted by Gasteiger charge is -2.17. The molecule has 2 N–H and O–H groups in total. The van der Waals surface area contributed by atoms with Crippen LogP contribution < -0.4 is 10.6 Å². The third-order valence-electron chi connectivity index (χ3n) is 4.24. The van der Waals surface area contributed by atoms with E-state index in [1.54, 1.807) is 11.9 Å². The number of anilines is 1. The maximum absolute atomic E-state index is 12.2. The maximum atomic E-state index is 12.2. The summed E-state index contributed by atoms with van der Waals surface area (Å²) in [5.41, 5.74) is 4.17. The highest BCUT2D eigenvalue weighted by atomic mass is 16.2. The molecular weight excluding hydrogens is 326 g/mol. The molecule has 0 aliphatic heterocycles. The number of hydrogen-bond donors (Lipinski definition) is 2. The molecule has 2 aromatic rings. The zero-order chi connectivity index (χ0) is 18.9. The molecule has 0 aliphatic rings. The molecule has 138 valence electrons. The SMILES string of the molecule is CCc1ccccc1NC(=O)CN(C)CC(=O)NCc1ccccc1C. The molecule has 0 saturated heterocycles. The van der Waals surface area contributed by atoms with Crippen LogP contribution in [0.2, 0.25) is 0 Å². The second-order valence-electron chi connectivity index (χ2n) is 6.43. The van der Waals surface area contributed by atoms with Gasteiger partial charge in [-0.3, -0.25) is 14.5 Å². The normalized spacial score (nSPS) is 10.6. The number of hydrogen-bond acceptors (Lipinski definition) is 3. The third-order valence-corrected chi connectivity index (χ3v) is 4.24. The van der Waals surface area contributed by atoms with Gasteiger partial charge in [0.25, 0.3) is 0 Å². The van der Waals surface area contributed by atoms with Crippen LogP contribution in [-0.2, 0) is 22.6 Å². The fraction of sp³-hybridized carbons (Fsp3) is 0.333. The van der Waals surface area contributed by atoms with E-state index in [-0.39, 0.29) is 24.9 Å². The molecule has 0 radical (unpaired) electrons. The fourth-order valence-corrected chi connectivity index (χ4v) is 2.74. The minimum atomic E-state index is -0.125. The van der Waals surface area contributed by atoms with E-state index in [2.05, 4.69) is 17.6 Å². The number of aryl methyl sites for hydroxylation is 2. The highest BCUT2D eigenvalue weighted by Gasteiger charge is 2.12. The van der Waals surface area contributed by atoms with Gasteiger partial charge in [0, 0.05) is 12.2 Å². The van der Waals surface area contributed by atoms with Crippen LogP contribution in [0.3, 0.4) is 0 Å². The lowest BCUT2D eigenvalue weighted by molar-refractivity contribution is -0.123. The molecule has 2 amide bonds. The Kier molecular flexibility index (Phi) is 7.36. The van der Waals surface area contributed by atoms with Crippen molar-refractivity contribution in [2.24, 2.45) is 0 Å². The van der Waals surface area contributed by atoms with E-state index >= 15 is 0 Å². The first-order valence-electron chi connectivity index (χ1n) is 8.87. The maximum Gasteiger partial charge on any atom is 0.238 e. The van der Waals surface area contributed by atoms with E-state index < -0.39 is 0 Å². The van der Waals surface area contributed by atoms with Gasteiger partial charge >= 0.3 is 0 Å². The van der Waals surface area contributed by atoms with Crippen molar-refractivity contribution in [1.29, 1.82) is 0 Å². The summed E-state index contributed by atoms with van der Waals surface area (Å²) in [5.74, 6) is -0.224. The van der Waals surface area contributed by atoms with Crippen LogP contribution >= 0.6 is 0 Å². The summed E-state index contributed by atoms with van der Waals surface area (Å²) in [7, 11) is 1.76. The summed E-state index contributed by atoms with van der Waals surface area (Å²) in [6, 6.07) is 15.7. The Bertz CT molecular complexity index is 758. The molecule has 2 aromatic carbocycles. The summed E-state index contributed by atoms with van der Waals surface area (Å²) in [5, 5.41) is 5.82. The molecule has 0 heterocycles. The lowest BCUT2D eigenvalue weighted by atomic mass is 10.1. The van der Waals surface area contributed by atoms with Gasteiger partial charge in [0.2, 0.25) is 11.8 Å². The van der Waals surface area contributed by atoms with Gasteiger partial charge in [0.05, 0.1) is 13.1 Å². The van der Waals surface area contributed by atoms with Gasteiger partial charge in [-0.2, -0.15) is 0 Å². The van der Waals surface area contributed by atoms with Gasteiger partial charge in [-0.25, -0.2) is 0 Å². The molecule has 0 bridgehead atoms. The molecule has 5 heteroatoms. The van der Waals surface area contributed by atoms with Crippen LogP contribution in [0.4, 0.5) is 5.69 Å². The first-order valence-corrected chi connectivity index (χ1v) is 8.87. The molecular formula is C21H27N3O2. The largest absolute Gasteiger partial charge is 0.351 e. The van der Waals surface area contributed by atoms with E-state index in [0.29, 0.717) is 6.54 Å². The second-order valence-corrected chi connectivity index (χ2v) is 6.43. The zero-order valence-corrected chi connectivity index (χ0v) is 15.7. The van der Waals surface area contributed by atoms with Crippen molar-refractivity contribution in [3.8, 4) is 0 Å². The lowest BCUT2D eigenvalue weighted by Crippen LogP contribution is -2.38. The second kappa shape index (κ2) is 9.73. The number of likely N-dealkylation sites (N-methyl/N-ethyl adjacent to an activating group) is 1. The van der Waals surface area contributed by atoms with Gasteiger partial charge in [0.15, 0.2) is 0 Å². The van der Waals surface area contributed by atoms with E-state index in [9.17, 15) is 9.59 Å². The highest BCUT2D eigenvalue weighted by molar-refractivity contribution is 5.93. The molecule has 0 saturated carbocycles. The Morgan fingerprint density at radius 2 is 1.54 bits per heavy atom. The van der Waals surface area contributed by atoms with Crippen molar-refractivity contribution < 1.29 is 9.59 Å². The Labute approximate surface area is 155 Å². The van der Waals surface area contributed by atoms with Gasteiger partial charge in [-0.05, 0) is 43.1 Å². The molecule has 0 unspecified atom stereocenters. The number of rotatable bonds is 8. The minimum Gasteiger partial charge on any atom is -0.351 e. The predicted molar refractivity (Wildman–Crippen MR) is 105 cm³/mol. The first-order chi connectivity index (χ1) is 12.5. The van der Waals surface area contributed by atoms with Crippen molar-refractivity contribution in [2.45, 2.75) is 26.8 Å². The number of benzene rings is 2. The van der Waals surface area contributed by atoms with Crippen LogP contribution in [0, 0.1) is 6.92 Å².